The minimum Gasteiger partial charge on any atom is -0.387 e. The number of hydrogen-bond donors (Lipinski definition) is 3. The predicted octanol–water partition coefficient (Wildman–Crippen LogP) is 1.89. The van der Waals surface area contributed by atoms with Crippen LogP contribution in [0.25, 0.3) is 0 Å². The fraction of sp³-hybridized carbons (Fsp3) is 0.462. The molecule has 0 unspecified atom stereocenters. The van der Waals surface area contributed by atoms with Crippen molar-refractivity contribution < 1.29 is 9.90 Å². The van der Waals surface area contributed by atoms with Crippen molar-refractivity contribution in [3.8, 4) is 0 Å². The van der Waals surface area contributed by atoms with Gasteiger partial charge in [-0.25, -0.2) is 0 Å². The molecule has 19 heavy (non-hydrogen) atoms. The molecule has 0 bridgehead atoms. The standard InChI is InChI=1S/C13H16Cl2N2O2/c14-8-3-4-9(10(15)6-8)12(18)7-17-13(19)11-2-1-5-16-11/h3-4,6,11-12,16,18H,1-2,5,7H2,(H,17,19)/t11-,12-/m1/s1. The molecule has 3 N–H and O–H groups in total. The van der Waals surface area contributed by atoms with Gasteiger partial charge in [0.25, 0.3) is 0 Å². The van der Waals surface area contributed by atoms with Gasteiger partial charge in [0.2, 0.25) is 5.91 Å². The highest BCUT2D eigenvalue weighted by Gasteiger charge is 2.22. The highest BCUT2D eigenvalue weighted by atomic mass is 35.5. The topological polar surface area (TPSA) is 61.4 Å². The SMILES string of the molecule is O=C(NC[C@@H](O)c1ccc(Cl)cc1Cl)[C@H]1CCCN1. The third-order valence-electron chi connectivity index (χ3n) is 3.17. The fourth-order valence-corrected chi connectivity index (χ4v) is 2.64. The molecule has 0 spiro atoms. The van der Waals surface area contributed by atoms with E-state index >= 15 is 0 Å². The van der Waals surface area contributed by atoms with Gasteiger partial charge in [0.15, 0.2) is 0 Å². The zero-order chi connectivity index (χ0) is 13.8. The highest BCUT2D eigenvalue weighted by Crippen LogP contribution is 2.25. The van der Waals surface area contributed by atoms with Crippen LogP contribution in [0, 0.1) is 0 Å². The molecule has 1 saturated heterocycles. The lowest BCUT2D eigenvalue weighted by Gasteiger charge is -2.16. The molecular formula is C13H16Cl2N2O2. The van der Waals surface area contributed by atoms with E-state index in [1.54, 1.807) is 18.2 Å². The summed E-state index contributed by atoms with van der Waals surface area (Å²) in [6.45, 7) is 1.00. The molecule has 1 aromatic rings. The number of aliphatic hydroxyl groups is 1. The largest absolute Gasteiger partial charge is 0.387 e. The lowest BCUT2D eigenvalue weighted by Crippen LogP contribution is -2.41. The summed E-state index contributed by atoms with van der Waals surface area (Å²) in [5.74, 6) is -0.0818. The molecule has 0 aliphatic carbocycles. The average molecular weight is 303 g/mol. The van der Waals surface area contributed by atoms with Crippen LogP contribution in [0.2, 0.25) is 10.0 Å². The molecule has 0 radical (unpaired) electrons. The molecule has 0 saturated carbocycles. The normalized spacial score (nSPS) is 20.3. The van der Waals surface area contributed by atoms with Crippen LogP contribution in [0.4, 0.5) is 0 Å². The van der Waals surface area contributed by atoms with Crippen molar-refractivity contribution in [3.63, 3.8) is 0 Å². The summed E-state index contributed by atoms with van der Waals surface area (Å²) < 4.78 is 0. The zero-order valence-electron chi connectivity index (χ0n) is 10.3. The zero-order valence-corrected chi connectivity index (χ0v) is 11.8. The van der Waals surface area contributed by atoms with E-state index in [-0.39, 0.29) is 18.5 Å². The van der Waals surface area contributed by atoms with Crippen molar-refractivity contribution in [2.24, 2.45) is 0 Å². The maximum atomic E-state index is 11.8. The number of carbonyl (C=O) groups is 1. The lowest BCUT2D eigenvalue weighted by molar-refractivity contribution is -0.123. The van der Waals surface area contributed by atoms with E-state index in [2.05, 4.69) is 10.6 Å². The van der Waals surface area contributed by atoms with Gasteiger partial charge in [0.1, 0.15) is 0 Å². The van der Waals surface area contributed by atoms with Gasteiger partial charge in [-0.1, -0.05) is 29.3 Å². The van der Waals surface area contributed by atoms with E-state index in [1.165, 1.54) is 0 Å². The van der Waals surface area contributed by atoms with E-state index < -0.39 is 6.10 Å². The van der Waals surface area contributed by atoms with Crippen LogP contribution in [-0.2, 0) is 4.79 Å². The van der Waals surface area contributed by atoms with Crippen LogP contribution in [-0.4, -0.2) is 30.1 Å². The Morgan fingerprint density at radius 1 is 1.53 bits per heavy atom. The summed E-state index contributed by atoms with van der Waals surface area (Å²) in [6, 6.07) is 4.75. The number of benzene rings is 1. The highest BCUT2D eigenvalue weighted by molar-refractivity contribution is 6.35. The number of carbonyl (C=O) groups excluding carboxylic acids is 1. The van der Waals surface area contributed by atoms with Gasteiger partial charge in [-0.3, -0.25) is 4.79 Å². The second kappa shape index (κ2) is 6.57. The van der Waals surface area contributed by atoms with Crippen molar-refractivity contribution in [3.05, 3.63) is 33.8 Å². The first-order valence-corrected chi connectivity index (χ1v) is 6.97. The molecule has 6 heteroatoms. The van der Waals surface area contributed by atoms with E-state index in [4.69, 9.17) is 23.2 Å². The summed E-state index contributed by atoms with van der Waals surface area (Å²) in [7, 11) is 0. The molecule has 0 aromatic heterocycles. The molecular weight excluding hydrogens is 287 g/mol. The summed E-state index contributed by atoms with van der Waals surface area (Å²) in [5.41, 5.74) is 0.561. The number of nitrogens with one attached hydrogen (secondary N) is 2. The van der Waals surface area contributed by atoms with Crippen molar-refractivity contribution in [1.29, 1.82) is 0 Å². The Hall–Kier alpha value is -0.810. The Balaban J connectivity index is 1.89. The smallest absolute Gasteiger partial charge is 0.237 e. The Morgan fingerprint density at radius 2 is 2.32 bits per heavy atom. The van der Waals surface area contributed by atoms with Gasteiger partial charge in [0.05, 0.1) is 12.1 Å². The van der Waals surface area contributed by atoms with Crippen LogP contribution in [0.1, 0.15) is 24.5 Å². The van der Waals surface area contributed by atoms with Crippen molar-refractivity contribution in [1.82, 2.24) is 10.6 Å². The first-order chi connectivity index (χ1) is 9.08. The van der Waals surface area contributed by atoms with E-state index in [0.717, 1.165) is 19.4 Å². The molecule has 1 amide bonds. The van der Waals surface area contributed by atoms with E-state index in [1.807, 2.05) is 0 Å². The van der Waals surface area contributed by atoms with Gasteiger partial charge >= 0.3 is 0 Å². The summed E-state index contributed by atoms with van der Waals surface area (Å²) in [5, 5.41) is 16.8. The number of hydrogen-bond acceptors (Lipinski definition) is 3. The maximum absolute atomic E-state index is 11.8. The number of halogens is 2. The maximum Gasteiger partial charge on any atom is 0.237 e. The Labute approximate surface area is 122 Å². The molecule has 4 nitrogen and oxygen atoms in total. The third kappa shape index (κ3) is 3.83. The van der Waals surface area contributed by atoms with Gasteiger partial charge in [-0.05, 0) is 31.5 Å². The average Bonchev–Trinajstić information content (AvgIpc) is 2.89. The molecule has 1 heterocycles. The van der Waals surface area contributed by atoms with Crippen LogP contribution >= 0.6 is 23.2 Å². The van der Waals surface area contributed by atoms with Gasteiger partial charge in [0, 0.05) is 22.2 Å². The second-order valence-corrected chi connectivity index (χ2v) is 5.42. The first kappa shape index (κ1) is 14.6. The minimum atomic E-state index is -0.838. The Kier molecular flexibility index (Phi) is 5.05. The summed E-state index contributed by atoms with van der Waals surface area (Å²) in [6.07, 6.45) is 1.00. The van der Waals surface area contributed by atoms with Crippen LogP contribution in [0.5, 0.6) is 0 Å². The van der Waals surface area contributed by atoms with Gasteiger partial charge in [-0.2, -0.15) is 0 Å². The van der Waals surface area contributed by atoms with Gasteiger partial charge < -0.3 is 15.7 Å². The molecule has 1 aromatic carbocycles. The molecule has 104 valence electrons. The van der Waals surface area contributed by atoms with Crippen molar-refractivity contribution >= 4 is 29.1 Å². The second-order valence-electron chi connectivity index (χ2n) is 4.58. The molecule has 1 fully saturated rings. The Morgan fingerprint density at radius 3 is 2.95 bits per heavy atom. The number of aliphatic hydroxyl groups excluding tert-OH is 1. The van der Waals surface area contributed by atoms with Crippen LogP contribution < -0.4 is 10.6 Å². The van der Waals surface area contributed by atoms with E-state index in [9.17, 15) is 9.90 Å². The van der Waals surface area contributed by atoms with Crippen molar-refractivity contribution in [2.75, 3.05) is 13.1 Å². The molecule has 1 aliphatic rings. The molecule has 2 rings (SSSR count). The predicted molar refractivity (Wildman–Crippen MR) is 75.5 cm³/mol. The fourth-order valence-electron chi connectivity index (χ4n) is 2.11. The van der Waals surface area contributed by atoms with Crippen LogP contribution in [0.15, 0.2) is 18.2 Å². The first-order valence-electron chi connectivity index (χ1n) is 6.22. The Bertz CT molecular complexity index is 462. The third-order valence-corrected chi connectivity index (χ3v) is 3.73. The monoisotopic (exact) mass is 302 g/mol. The number of amides is 1. The van der Waals surface area contributed by atoms with Crippen molar-refractivity contribution in [2.45, 2.75) is 25.0 Å². The molecule has 2 atom stereocenters. The summed E-state index contributed by atoms with van der Waals surface area (Å²) >= 11 is 11.8. The van der Waals surface area contributed by atoms with Crippen LogP contribution in [0.3, 0.4) is 0 Å². The molecule has 1 aliphatic heterocycles. The summed E-state index contributed by atoms with van der Waals surface area (Å²) in [4.78, 5) is 11.8. The van der Waals surface area contributed by atoms with Gasteiger partial charge in [-0.15, -0.1) is 0 Å². The lowest BCUT2D eigenvalue weighted by atomic mass is 10.1. The quantitative estimate of drug-likeness (QED) is 0.796. The number of rotatable bonds is 4. The van der Waals surface area contributed by atoms with E-state index in [0.29, 0.717) is 15.6 Å². The minimum absolute atomic E-state index is 0.0818.